The van der Waals surface area contributed by atoms with E-state index < -0.39 is 10.0 Å². The van der Waals surface area contributed by atoms with Crippen molar-refractivity contribution in [3.05, 3.63) is 11.5 Å². The molecule has 0 spiro atoms. The predicted molar refractivity (Wildman–Crippen MR) is 65.7 cm³/mol. The van der Waals surface area contributed by atoms with Crippen molar-refractivity contribution in [3.63, 3.8) is 0 Å². The maximum atomic E-state index is 12.0. The molecule has 0 aromatic carbocycles. The number of hydrogen-bond donors (Lipinski definition) is 1. The molecular formula is C10H17ClN2O3S. The number of nitrogens with zero attached hydrogens (tertiary/aromatic N) is 1. The summed E-state index contributed by atoms with van der Waals surface area (Å²) in [5.41, 5.74) is 0.375. The minimum Gasteiger partial charge on any atom is -0.360 e. The molecule has 17 heavy (non-hydrogen) atoms. The molecule has 5 nitrogen and oxygen atoms in total. The van der Waals surface area contributed by atoms with Crippen LogP contribution in [0.15, 0.2) is 9.42 Å². The van der Waals surface area contributed by atoms with Gasteiger partial charge in [-0.05, 0) is 26.2 Å². The van der Waals surface area contributed by atoms with E-state index >= 15 is 0 Å². The van der Waals surface area contributed by atoms with Gasteiger partial charge in [0.2, 0.25) is 10.0 Å². The predicted octanol–water partition coefficient (Wildman–Crippen LogP) is 1.83. The van der Waals surface area contributed by atoms with Crippen LogP contribution in [0.25, 0.3) is 0 Å². The van der Waals surface area contributed by atoms with Crippen molar-refractivity contribution in [3.8, 4) is 0 Å². The highest BCUT2D eigenvalue weighted by molar-refractivity contribution is 7.89. The van der Waals surface area contributed by atoms with Gasteiger partial charge in [-0.15, -0.1) is 11.6 Å². The molecule has 1 unspecified atom stereocenters. The van der Waals surface area contributed by atoms with Crippen LogP contribution in [0.2, 0.25) is 0 Å². The van der Waals surface area contributed by atoms with Gasteiger partial charge >= 0.3 is 0 Å². The average molecular weight is 281 g/mol. The van der Waals surface area contributed by atoms with Crippen LogP contribution < -0.4 is 4.72 Å². The fourth-order valence-electron chi connectivity index (χ4n) is 1.47. The van der Waals surface area contributed by atoms with Gasteiger partial charge in [0.25, 0.3) is 0 Å². The third-order valence-electron chi connectivity index (χ3n) is 2.46. The Bertz CT molecular complexity index is 450. The first kappa shape index (κ1) is 14.5. The van der Waals surface area contributed by atoms with Crippen LogP contribution in [0.4, 0.5) is 0 Å². The molecule has 1 rings (SSSR count). The summed E-state index contributed by atoms with van der Waals surface area (Å²) in [4.78, 5) is 0.135. The van der Waals surface area contributed by atoms with E-state index in [0.717, 1.165) is 6.42 Å². The summed E-state index contributed by atoms with van der Waals surface area (Å²) in [5, 5.41) is 3.63. The molecule has 1 aromatic heterocycles. The lowest BCUT2D eigenvalue weighted by molar-refractivity contribution is 0.390. The summed E-state index contributed by atoms with van der Waals surface area (Å²) in [6.45, 7) is 5.49. The van der Waals surface area contributed by atoms with Crippen molar-refractivity contribution in [1.82, 2.24) is 9.88 Å². The standard InChI is InChI=1S/C10H17ClN2O3S/c1-7(4-5-11)6-12-17(14,15)10-8(2)13-16-9(10)3/h7,12H,4-6H2,1-3H3. The Morgan fingerprint density at radius 1 is 1.47 bits per heavy atom. The second-order valence-electron chi connectivity index (χ2n) is 4.09. The van der Waals surface area contributed by atoms with Gasteiger partial charge in [0, 0.05) is 12.4 Å². The zero-order valence-corrected chi connectivity index (χ0v) is 11.7. The molecule has 1 aromatic rings. The van der Waals surface area contributed by atoms with Gasteiger partial charge in [-0.1, -0.05) is 12.1 Å². The Morgan fingerprint density at radius 3 is 2.59 bits per heavy atom. The molecule has 7 heteroatoms. The zero-order valence-electron chi connectivity index (χ0n) is 10.2. The van der Waals surface area contributed by atoms with Crippen LogP contribution >= 0.6 is 11.6 Å². The van der Waals surface area contributed by atoms with Gasteiger partial charge < -0.3 is 4.52 Å². The first-order valence-electron chi connectivity index (χ1n) is 5.37. The van der Waals surface area contributed by atoms with E-state index in [1.807, 2.05) is 6.92 Å². The molecule has 0 aliphatic carbocycles. The first-order chi connectivity index (χ1) is 7.88. The molecule has 1 N–H and O–H groups in total. The third kappa shape index (κ3) is 3.69. The second kappa shape index (κ2) is 5.84. The number of alkyl halides is 1. The average Bonchev–Trinajstić information content (AvgIpc) is 2.57. The monoisotopic (exact) mass is 280 g/mol. The van der Waals surface area contributed by atoms with Crippen LogP contribution in [-0.2, 0) is 10.0 Å². The molecule has 0 radical (unpaired) electrons. The van der Waals surface area contributed by atoms with Crippen LogP contribution in [-0.4, -0.2) is 26.0 Å². The number of hydrogen-bond acceptors (Lipinski definition) is 4. The Morgan fingerprint density at radius 2 is 2.12 bits per heavy atom. The topological polar surface area (TPSA) is 72.2 Å². The normalized spacial score (nSPS) is 13.9. The Hall–Kier alpha value is -0.590. The summed E-state index contributed by atoms with van der Waals surface area (Å²) in [6, 6.07) is 0. The van der Waals surface area contributed by atoms with Gasteiger partial charge in [0.1, 0.15) is 10.6 Å². The molecule has 0 aliphatic heterocycles. The minimum absolute atomic E-state index is 0.135. The van der Waals surface area contributed by atoms with Gasteiger partial charge in [0.15, 0.2) is 5.76 Å². The van der Waals surface area contributed by atoms with Crippen LogP contribution in [0.1, 0.15) is 24.8 Å². The lowest BCUT2D eigenvalue weighted by Crippen LogP contribution is -2.29. The summed E-state index contributed by atoms with van der Waals surface area (Å²) in [7, 11) is -3.54. The molecule has 0 aliphatic rings. The highest BCUT2D eigenvalue weighted by Gasteiger charge is 2.24. The maximum absolute atomic E-state index is 12.0. The van der Waals surface area contributed by atoms with Gasteiger partial charge in [-0.25, -0.2) is 13.1 Å². The molecule has 98 valence electrons. The fraction of sp³-hybridized carbons (Fsp3) is 0.700. The Balaban J connectivity index is 2.76. The van der Waals surface area contributed by atoms with Crippen molar-refractivity contribution >= 4 is 21.6 Å². The fourth-order valence-corrected chi connectivity index (χ4v) is 3.33. The van der Waals surface area contributed by atoms with Gasteiger partial charge in [-0.3, -0.25) is 0 Å². The Labute approximate surface area is 107 Å². The lowest BCUT2D eigenvalue weighted by Gasteiger charge is -2.11. The van der Waals surface area contributed by atoms with Crippen LogP contribution in [0.5, 0.6) is 0 Å². The number of halogens is 1. The van der Waals surface area contributed by atoms with E-state index in [1.54, 1.807) is 13.8 Å². The van der Waals surface area contributed by atoms with Crippen LogP contribution in [0, 0.1) is 19.8 Å². The van der Waals surface area contributed by atoms with E-state index in [-0.39, 0.29) is 10.8 Å². The number of nitrogens with one attached hydrogen (secondary N) is 1. The third-order valence-corrected chi connectivity index (χ3v) is 4.35. The Kier molecular flexibility index (Phi) is 4.97. The van der Waals surface area contributed by atoms with Gasteiger partial charge in [-0.2, -0.15) is 0 Å². The maximum Gasteiger partial charge on any atom is 0.245 e. The largest absolute Gasteiger partial charge is 0.360 e. The lowest BCUT2D eigenvalue weighted by atomic mass is 10.1. The van der Waals surface area contributed by atoms with E-state index in [4.69, 9.17) is 16.1 Å². The van der Waals surface area contributed by atoms with Gasteiger partial charge in [0.05, 0.1) is 0 Å². The smallest absolute Gasteiger partial charge is 0.245 e. The molecule has 1 heterocycles. The summed E-state index contributed by atoms with van der Waals surface area (Å²) < 4.78 is 31.4. The second-order valence-corrected chi connectivity index (χ2v) is 6.17. The van der Waals surface area contributed by atoms with Crippen molar-refractivity contribution in [2.45, 2.75) is 32.1 Å². The number of sulfonamides is 1. The number of aryl methyl sites for hydroxylation is 2. The minimum atomic E-state index is -3.54. The van der Waals surface area contributed by atoms with Crippen molar-refractivity contribution in [1.29, 1.82) is 0 Å². The molecule has 1 atom stereocenters. The van der Waals surface area contributed by atoms with E-state index in [9.17, 15) is 8.42 Å². The van der Waals surface area contributed by atoms with E-state index in [1.165, 1.54) is 0 Å². The molecular weight excluding hydrogens is 264 g/mol. The molecule has 0 fully saturated rings. The SMILES string of the molecule is Cc1noc(C)c1S(=O)(=O)NCC(C)CCCl. The highest BCUT2D eigenvalue weighted by Crippen LogP contribution is 2.18. The zero-order chi connectivity index (χ0) is 13.1. The summed E-state index contributed by atoms with van der Waals surface area (Å²) in [5.74, 6) is 1.02. The van der Waals surface area contributed by atoms with Crippen LogP contribution in [0.3, 0.4) is 0 Å². The summed E-state index contributed by atoms with van der Waals surface area (Å²) >= 11 is 5.59. The quantitative estimate of drug-likeness (QED) is 0.807. The molecule has 0 saturated heterocycles. The molecule has 0 amide bonds. The molecule has 0 saturated carbocycles. The number of aromatic nitrogens is 1. The van der Waals surface area contributed by atoms with E-state index in [0.29, 0.717) is 23.9 Å². The number of rotatable bonds is 6. The first-order valence-corrected chi connectivity index (χ1v) is 7.38. The highest BCUT2D eigenvalue weighted by atomic mass is 35.5. The van der Waals surface area contributed by atoms with Crippen molar-refractivity contribution in [2.24, 2.45) is 5.92 Å². The molecule has 0 bridgehead atoms. The van der Waals surface area contributed by atoms with Crippen molar-refractivity contribution in [2.75, 3.05) is 12.4 Å². The summed E-state index contributed by atoms with van der Waals surface area (Å²) in [6.07, 6.45) is 0.770. The van der Waals surface area contributed by atoms with E-state index in [2.05, 4.69) is 9.88 Å². The van der Waals surface area contributed by atoms with Crippen molar-refractivity contribution < 1.29 is 12.9 Å².